The lowest BCUT2D eigenvalue weighted by molar-refractivity contribution is 0.0696. The first kappa shape index (κ1) is 11.5. The highest BCUT2D eigenvalue weighted by Crippen LogP contribution is 2.31. The van der Waals surface area contributed by atoms with Crippen molar-refractivity contribution in [2.45, 2.75) is 20.3 Å². The number of aromatic carboxylic acids is 1. The number of H-pyrrole nitrogens is 1. The van der Waals surface area contributed by atoms with Crippen LogP contribution >= 0.6 is 0 Å². The van der Waals surface area contributed by atoms with Crippen LogP contribution in [0.5, 0.6) is 5.75 Å². The van der Waals surface area contributed by atoms with Crippen LogP contribution in [0, 0.1) is 6.92 Å². The molecule has 2 N–H and O–H groups in total. The van der Waals surface area contributed by atoms with Gasteiger partial charge < -0.3 is 14.8 Å². The molecule has 1 heterocycles. The van der Waals surface area contributed by atoms with Gasteiger partial charge in [-0.05, 0) is 31.0 Å². The van der Waals surface area contributed by atoms with Gasteiger partial charge in [0, 0.05) is 11.1 Å². The summed E-state index contributed by atoms with van der Waals surface area (Å²) in [6.45, 7) is 4.05. The number of aromatic nitrogens is 1. The normalized spacial score (nSPS) is 10.8. The summed E-state index contributed by atoms with van der Waals surface area (Å²) in [5, 5.41) is 9.97. The highest BCUT2D eigenvalue weighted by molar-refractivity contribution is 5.98. The van der Waals surface area contributed by atoms with E-state index in [2.05, 4.69) is 11.9 Å². The van der Waals surface area contributed by atoms with Gasteiger partial charge in [-0.25, -0.2) is 4.79 Å². The summed E-state index contributed by atoms with van der Waals surface area (Å²) in [6.07, 6.45) is 0.881. The average molecular weight is 233 g/mol. The van der Waals surface area contributed by atoms with Gasteiger partial charge in [-0.1, -0.05) is 6.92 Å². The Bertz CT molecular complexity index is 584. The summed E-state index contributed by atoms with van der Waals surface area (Å²) < 4.78 is 5.24. The van der Waals surface area contributed by atoms with E-state index in [1.54, 1.807) is 19.2 Å². The molecular formula is C13H15NO3. The molecule has 2 rings (SSSR count). The minimum Gasteiger partial charge on any atom is -0.495 e. The maximum absolute atomic E-state index is 11.0. The van der Waals surface area contributed by atoms with Crippen LogP contribution in [-0.2, 0) is 6.42 Å². The van der Waals surface area contributed by atoms with Crippen LogP contribution in [0.1, 0.15) is 28.5 Å². The molecule has 0 aliphatic rings. The minimum absolute atomic E-state index is 0.249. The fourth-order valence-corrected chi connectivity index (χ4v) is 2.09. The number of fused-ring (bicyclic) bond motifs is 1. The van der Waals surface area contributed by atoms with Crippen molar-refractivity contribution in [1.29, 1.82) is 0 Å². The van der Waals surface area contributed by atoms with Gasteiger partial charge in [-0.15, -0.1) is 0 Å². The number of carbonyl (C=O) groups is 1. The molecule has 0 unspecified atom stereocenters. The molecule has 0 aliphatic heterocycles. The maximum Gasteiger partial charge on any atom is 0.335 e. The smallest absolute Gasteiger partial charge is 0.335 e. The van der Waals surface area contributed by atoms with Gasteiger partial charge >= 0.3 is 5.97 Å². The quantitative estimate of drug-likeness (QED) is 0.856. The zero-order chi connectivity index (χ0) is 12.6. The summed E-state index contributed by atoms with van der Waals surface area (Å²) in [5.74, 6) is -0.369. The Hall–Kier alpha value is -1.97. The third kappa shape index (κ3) is 1.75. The highest BCUT2D eigenvalue weighted by Gasteiger charge is 2.14. The minimum atomic E-state index is -0.941. The molecule has 90 valence electrons. The van der Waals surface area contributed by atoms with Crippen molar-refractivity contribution in [2.75, 3.05) is 7.11 Å². The van der Waals surface area contributed by atoms with E-state index in [1.807, 2.05) is 6.92 Å². The van der Waals surface area contributed by atoms with Crippen LogP contribution in [-0.4, -0.2) is 23.2 Å². The lowest BCUT2D eigenvalue weighted by atomic mass is 10.1. The Morgan fingerprint density at radius 2 is 2.18 bits per heavy atom. The van der Waals surface area contributed by atoms with Gasteiger partial charge in [0.1, 0.15) is 5.75 Å². The van der Waals surface area contributed by atoms with Crippen molar-refractivity contribution in [1.82, 2.24) is 4.98 Å². The van der Waals surface area contributed by atoms with Crippen LogP contribution in [0.2, 0.25) is 0 Å². The van der Waals surface area contributed by atoms with Crippen LogP contribution < -0.4 is 4.74 Å². The summed E-state index contributed by atoms with van der Waals surface area (Å²) in [5.41, 5.74) is 3.32. The molecule has 0 atom stereocenters. The van der Waals surface area contributed by atoms with E-state index in [9.17, 15) is 4.79 Å². The molecule has 4 nitrogen and oxygen atoms in total. The topological polar surface area (TPSA) is 62.3 Å². The number of hydrogen-bond donors (Lipinski definition) is 2. The van der Waals surface area contributed by atoms with Crippen molar-refractivity contribution in [2.24, 2.45) is 0 Å². The molecule has 1 aromatic carbocycles. The van der Waals surface area contributed by atoms with Crippen molar-refractivity contribution in [3.63, 3.8) is 0 Å². The van der Waals surface area contributed by atoms with Gasteiger partial charge in [0.2, 0.25) is 0 Å². The van der Waals surface area contributed by atoms with Gasteiger partial charge in [0.05, 0.1) is 18.2 Å². The van der Waals surface area contributed by atoms with Crippen molar-refractivity contribution >= 4 is 16.9 Å². The Kier molecular flexibility index (Phi) is 2.79. The number of hydrogen-bond acceptors (Lipinski definition) is 2. The first-order chi connectivity index (χ1) is 8.08. The van der Waals surface area contributed by atoms with E-state index in [0.717, 1.165) is 28.6 Å². The number of rotatable bonds is 3. The third-order valence-electron chi connectivity index (χ3n) is 3.06. The maximum atomic E-state index is 11.0. The summed E-state index contributed by atoms with van der Waals surface area (Å²) in [7, 11) is 1.54. The number of methoxy groups -OCH3 is 1. The zero-order valence-electron chi connectivity index (χ0n) is 10.1. The molecular weight excluding hydrogens is 218 g/mol. The number of aryl methyl sites for hydroxylation is 2. The molecule has 0 bridgehead atoms. The number of ether oxygens (including phenoxy) is 1. The molecule has 0 amide bonds. The van der Waals surface area contributed by atoms with Gasteiger partial charge in [-0.2, -0.15) is 0 Å². The molecule has 1 aromatic heterocycles. The van der Waals surface area contributed by atoms with Gasteiger partial charge in [0.15, 0.2) is 0 Å². The lowest BCUT2D eigenvalue weighted by Crippen LogP contribution is -1.97. The number of aromatic amines is 1. The Morgan fingerprint density at radius 3 is 2.71 bits per heavy atom. The Balaban J connectivity index is 2.80. The van der Waals surface area contributed by atoms with E-state index in [0.29, 0.717) is 5.75 Å². The number of carboxylic acids is 1. The Morgan fingerprint density at radius 1 is 1.47 bits per heavy atom. The first-order valence-corrected chi connectivity index (χ1v) is 5.51. The standard InChI is InChI=1S/C13H15NO3/c1-4-10-7(2)9-5-8(13(15)16)6-11(17-3)12(9)14-10/h5-6,14H,4H2,1-3H3,(H,15,16). The van der Waals surface area contributed by atoms with Crippen molar-refractivity contribution in [3.05, 3.63) is 29.0 Å². The molecule has 0 saturated heterocycles. The predicted octanol–water partition coefficient (Wildman–Crippen LogP) is 2.75. The van der Waals surface area contributed by atoms with Crippen molar-refractivity contribution < 1.29 is 14.6 Å². The monoisotopic (exact) mass is 233 g/mol. The van der Waals surface area contributed by atoms with E-state index in [1.165, 1.54) is 0 Å². The zero-order valence-corrected chi connectivity index (χ0v) is 10.1. The molecule has 4 heteroatoms. The SMILES string of the molecule is CCc1[nH]c2c(OC)cc(C(=O)O)cc2c1C. The van der Waals surface area contributed by atoms with E-state index in [-0.39, 0.29) is 5.56 Å². The second kappa shape index (κ2) is 4.13. The fraction of sp³-hybridized carbons (Fsp3) is 0.308. The summed E-state index contributed by atoms with van der Waals surface area (Å²) >= 11 is 0. The third-order valence-corrected chi connectivity index (χ3v) is 3.06. The van der Waals surface area contributed by atoms with E-state index in [4.69, 9.17) is 9.84 Å². The van der Waals surface area contributed by atoms with Crippen LogP contribution in [0.4, 0.5) is 0 Å². The summed E-state index contributed by atoms with van der Waals surface area (Å²) in [4.78, 5) is 14.3. The van der Waals surface area contributed by atoms with Crippen LogP contribution in [0.25, 0.3) is 10.9 Å². The van der Waals surface area contributed by atoms with Crippen molar-refractivity contribution in [3.8, 4) is 5.75 Å². The van der Waals surface area contributed by atoms with Gasteiger partial charge in [0.25, 0.3) is 0 Å². The molecule has 2 aromatic rings. The second-order valence-electron chi connectivity index (χ2n) is 3.99. The predicted molar refractivity (Wildman–Crippen MR) is 65.9 cm³/mol. The molecule has 0 spiro atoms. The Labute approximate surface area is 99.2 Å². The molecule has 0 radical (unpaired) electrons. The van der Waals surface area contributed by atoms with E-state index < -0.39 is 5.97 Å². The number of benzene rings is 1. The van der Waals surface area contributed by atoms with Crippen LogP contribution in [0.15, 0.2) is 12.1 Å². The lowest BCUT2D eigenvalue weighted by Gasteiger charge is -2.03. The number of carboxylic acid groups (broad SMARTS) is 1. The highest BCUT2D eigenvalue weighted by atomic mass is 16.5. The first-order valence-electron chi connectivity index (χ1n) is 5.51. The van der Waals surface area contributed by atoms with Crippen LogP contribution in [0.3, 0.4) is 0 Å². The summed E-state index contributed by atoms with van der Waals surface area (Å²) in [6, 6.07) is 3.23. The average Bonchev–Trinajstić information content (AvgIpc) is 2.65. The molecule has 0 fully saturated rings. The van der Waals surface area contributed by atoms with E-state index >= 15 is 0 Å². The fourth-order valence-electron chi connectivity index (χ4n) is 2.09. The van der Waals surface area contributed by atoms with Gasteiger partial charge in [-0.3, -0.25) is 0 Å². The largest absolute Gasteiger partial charge is 0.495 e. The molecule has 17 heavy (non-hydrogen) atoms. The molecule has 0 aliphatic carbocycles. The second-order valence-corrected chi connectivity index (χ2v) is 3.99. The number of nitrogens with one attached hydrogen (secondary N) is 1. The molecule has 0 saturated carbocycles.